The normalized spacial score (nSPS) is 12.0. The van der Waals surface area contributed by atoms with Gasteiger partial charge >= 0.3 is 0 Å². The number of nitrogens with zero attached hydrogens (tertiary/aromatic N) is 2. The summed E-state index contributed by atoms with van der Waals surface area (Å²) in [6, 6.07) is 5.84. The Balaban J connectivity index is 2.02. The van der Waals surface area contributed by atoms with Crippen LogP contribution < -0.4 is 15.2 Å². The number of hydrogen-bond donors (Lipinski definition) is 1. The molecule has 0 bridgehead atoms. The quantitative estimate of drug-likeness (QED) is 0.740. The number of aromatic nitrogens is 2. The maximum absolute atomic E-state index is 11.9. The lowest BCUT2D eigenvalue weighted by Crippen LogP contribution is -2.16. The highest BCUT2D eigenvalue weighted by molar-refractivity contribution is 7.08. The average Bonchev–Trinajstić information content (AvgIpc) is 3.28. The molecule has 138 valence electrons. The van der Waals surface area contributed by atoms with Gasteiger partial charge in [0.2, 0.25) is 0 Å². The van der Waals surface area contributed by atoms with Crippen LogP contribution in [0.2, 0.25) is 0 Å². The lowest BCUT2D eigenvalue weighted by molar-refractivity contribution is 0.0992. The van der Waals surface area contributed by atoms with Crippen LogP contribution in [0.4, 0.5) is 0 Å². The van der Waals surface area contributed by atoms with E-state index >= 15 is 0 Å². The Bertz CT molecular complexity index is 1060. The van der Waals surface area contributed by atoms with E-state index in [0.717, 1.165) is 33.8 Å². The highest BCUT2D eigenvalue weighted by Crippen LogP contribution is 2.43. The molecule has 0 radical (unpaired) electrons. The summed E-state index contributed by atoms with van der Waals surface area (Å²) < 4.78 is 13.2. The van der Waals surface area contributed by atoms with Crippen molar-refractivity contribution in [2.45, 2.75) is 20.5 Å². The minimum Gasteiger partial charge on any atom is -0.496 e. The molecule has 0 fully saturated rings. The summed E-state index contributed by atoms with van der Waals surface area (Å²) in [7, 11) is 1.64. The molecule has 0 saturated carbocycles. The van der Waals surface area contributed by atoms with Gasteiger partial charge in [0.15, 0.2) is 5.69 Å². The van der Waals surface area contributed by atoms with Crippen LogP contribution >= 0.6 is 11.3 Å². The topological polar surface area (TPSA) is 79.4 Å². The first-order chi connectivity index (χ1) is 13.0. The van der Waals surface area contributed by atoms with Gasteiger partial charge in [-0.25, -0.2) is 4.68 Å². The van der Waals surface area contributed by atoms with Crippen LogP contribution in [0.15, 0.2) is 34.5 Å². The van der Waals surface area contributed by atoms with Crippen molar-refractivity contribution in [1.82, 2.24) is 9.78 Å². The second kappa shape index (κ2) is 6.59. The Morgan fingerprint density at radius 3 is 2.85 bits per heavy atom. The molecule has 0 aliphatic carbocycles. The summed E-state index contributed by atoms with van der Waals surface area (Å²) >= 11 is 1.56. The van der Waals surface area contributed by atoms with Crippen molar-refractivity contribution in [2.24, 2.45) is 5.73 Å². The Labute approximate surface area is 160 Å². The van der Waals surface area contributed by atoms with Crippen molar-refractivity contribution in [1.29, 1.82) is 0 Å². The SMILES string of the molecule is COc1cc2c(cc1C=C(C)C)-c1c(c(C(N)=O)nn1-c1ccsc1)CO2. The van der Waals surface area contributed by atoms with Crippen LogP contribution in [0.5, 0.6) is 11.5 Å². The van der Waals surface area contributed by atoms with E-state index < -0.39 is 5.91 Å². The predicted molar refractivity (Wildman–Crippen MR) is 106 cm³/mol. The summed E-state index contributed by atoms with van der Waals surface area (Å²) in [5.74, 6) is 0.859. The van der Waals surface area contributed by atoms with E-state index in [-0.39, 0.29) is 12.3 Å². The van der Waals surface area contributed by atoms with Crippen LogP contribution in [0.1, 0.15) is 35.5 Å². The van der Waals surface area contributed by atoms with Gasteiger partial charge in [-0.15, -0.1) is 0 Å². The molecule has 7 heteroatoms. The molecule has 1 aliphatic heterocycles. The molecular weight excluding hydrogens is 362 g/mol. The monoisotopic (exact) mass is 381 g/mol. The lowest BCUT2D eigenvalue weighted by atomic mass is 9.98. The van der Waals surface area contributed by atoms with E-state index in [4.69, 9.17) is 15.2 Å². The van der Waals surface area contributed by atoms with E-state index in [1.54, 1.807) is 23.1 Å². The summed E-state index contributed by atoms with van der Waals surface area (Å²) in [6.45, 7) is 4.29. The van der Waals surface area contributed by atoms with Crippen LogP contribution in [0, 0.1) is 0 Å². The van der Waals surface area contributed by atoms with Gasteiger partial charge < -0.3 is 15.2 Å². The molecule has 1 amide bonds. The molecule has 0 saturated heterocycles. The number of allylic oxidation sites excluding steroid dienone is 1. The zero-order valence-corrected chi connectivity index (χ0v) is 16.1. The second-order valence-electron chi connectivity index (χ2n) is 6.53. The average molecular weight is 381 g/mol. The van der Waals surface area contributed by atoms with E-state index in [1.165, 1.54) is 0 Å². The molecule has 3 aromatic rings. The summed E-state index contributed by atoms with van der Waals surface area (Å²) in [6.07, 6.45) is 2.05. The fraction of sp³-hybridized carbons (Fsp3) is 0.200. The number of hydrogen-bond acceptors (Lipinski definition) is 5. The maximum atomic E-state index is 11.9. The Hall–Kier alpha value is -3.06. The number of benzene rings is 1. The van der Waals surface area contributed by atoms with Crippen molar-refractivity contribution in [3.8, 4) is 28.4 Å². The van der Waals surface area contributed by atoms with Gasteiger partial charge in [0.25, 0.3) is 5.91 Å². The number of methoxy groups -OCH3 is 1. The van der Waals surface area contributed by atoms with Crippen molar-refractivity contribution >= 4 is 23.3 Å². The first-order valence-electron chi connectivity index (χ1n) is 8.44. The van der Waals surface area contributed by atoms with Gasteiger partial charge in [0.05, 0.1) is 18.5 Å². The highest BCUT2D eigenvalue weighted by Gasteiger charge is 2.30. The zero-order valence-electron chi connectivity index (χ0n) is 15.3. The first-order valence-corrected chi connectivity index (χ1v) is 9.38. The standard InChI is InChI=1S/C20H19N3O3S/c1-11(2)6-12-7-14-17(8-16(12)25-3)26-9-15-18(20(21)24)22-23(19(14)15)13-4-5-27-10-13/h4-8,10H,9H2,1-3H3,(H2,21,24). The zero-order chi connectivity index (χ0) is 19.1. The van der Waals surface area contributed by atoms with Crippen molar-refractivity contribution < 1.29 is 14.3 Å². The van der Waals surface area contributed by atoms with Crippen LogP contribution in [-0.4, -0.2) is 22.8 Å². The first kappa shape index (κ1) is 17.4. The second-order valence-corrected chi connectivity index (χ2v) is 7.31. The Morgan fingerprint density at radius 2 is 2.22 bits per heavy atom. The number of ether oxygens (including phenoxy) is 2. The Kier molecular flexibility index (Phi) is 4.24. The smallest absolute Gasteiger partial charge is 0.269 e. The van der Waals surface area contributed by atoms with Crippen LogP contribution in [-0.2, 0) is 6.61 Å². The van der Waals surface area contributed by atoms with E-state index in [9.17, 15) is 4.79 Å². The Morgan fingerprint density at radius 1 is 1.41 bits per heavy atom. The number of carbonyl (C=O) groups excluding carboxylic acids is 1. The van der Waals surface area contributed by atoms with E-state index in [1.807, 2.05) is 48.9 Å². The number of carbonyl (C=O) groups is 1. The van der Waals surface area contributed by atoms with Gasteiger partial charge in [-0.05, 0) is 31.4 Å². The molecule has 1 aromatic carbocycles. The summed E-state index contributed by atoms with van der Waals surface area (Å²) in [4.78, 5) is 11.9. The number of amides is 1. The van der Waals surface area contributed by atoms with Crippen LogP contribution in [0.3, 0.4) is 0 Å². The molecule has 2 N–H and O–H groups in total. The summed E-state index contributed by atoms with van der Waals surface area (Å²) in [5.41, 5.74) is 11.2. The lowest BCUT2D eigenvalue weighted by Gasteiger charge is -2.21. The molecule has 0 unspecified atom stereocenters. The number of fused-ring (bicyclic) bond motifs is 3. The number of primary amides is 1. The maximum Gasteiger partial charge on any atom is 0.269 e. The third kappa shape index (κ3) is 2.90. The van der Waals surface area contributed by atoms with Gasteiger partial charge in [0, 0.05) is 28.1 Å². The fourth-order valence-electron chi connectivity index (χ4n) is 3.26. The van der Waals surface area contributed by atoms with Gasteiger partial charge in [0.1, 0.15) is 18.1 Å². The number of rotatable bonds is 4. The fourth-order valence-corrected chi connectivity index (χ4v) is 3.87. The number of thiophene rings is 1. The van der Waals surface area contributed by atoms with Crippen LogP contribution in [0.25, 0.3) is 23.0 Å². The molecule has 1 aliphatic rings. The van der Waals surface area contributed by atoms with Gasteiger partial charge in [-0.2, -0.15) is 16.4 Å². The summed E-state index contributed by atoms with van der Waals surface area (Å²) in [5, 5.41) is 8.44. The van der Waals surface area contributed by atoms with Crippen molar-refractivity contribution in [3.05, 3.63) is 51.4 Å². The van der Waals surface area contributed by atoms with E-state index in [0.29, 0.717) is 11.3 Å². The molecular formula is C20H19N3O3S. The molecule has 6 nitrogen and oxygen atoms in total. The molecule has 0 spiro atoms. The molecule has 27 heavy (non-hydrogen) atoms. The minimum atomic E-state index is -0.565. The molecule has 0 atom stereocenters. The molecule has 3 heterocycles. The van der Waals surface area contributed by atoms with Gasteiger partial charge in [-0.3, -0.25) is 4.79 Å². The van der Waals surface area contributed by atoms with Crippen molar-refractivity contribution in [3.63, 3.8) is 0 Å². The predicted octanol–water partition coefficient (Wildman–Crippen LogP) is 4.02. The highest BCUT2D eigenvalue weighted by atomic mass is 32.1. The minimum absolute atomic E-state index is 0.232. The molecule has 4 rings (SSSR count). The third-order valence-corrected chi connectivity index (χ3v) is 5.04. The van der Waals surface area contributed by atoms with Crippen molar-refractivity contribution in [2.75, 3.05) is 7.11 Å². The number of nitrogens with two attached hydrogens (primary N) is 1. The molecule has 2 aromatic heterocycles. The third-order valence-electron chi connectivity index (χ3n) is 4.37. The van der Waals surface area contributed by atoms with E-state index in [2.05, 4.69) is 5.10 Å². The van der Waals surface area contributed by atoms with Gasteiger partial charge in [-0.1, -0.05) is 11.6 Å². The largest absolute Gasteiger partial charge is 0.496 e.